The minimum Gasteiger partial charge on any atom is -0.372 e. The van der Waals surface area contributed by atoms with Crippen LogP contribution in [0.25, 0.3) is 17.0 Å². The highest BCUT2D eigenvalue weighted by molar-refractivity contribution is 6.07. The Labute approximate surface area is 188 Å². The monoisotopic (exact) mass is 421 g/mol. The average molecular weight is 422 g/mol. The van der Waals surface area contributed by atoms with Crippen LogP contribution in [0.5, 0.6) is 0 Å². The number of aromatic nitrogens is 1. The number of ketones is 1. The molecule has 0 bridgehead atoms. The van der Waals surface area contributed by atoms with E-state index in [1.165, 1.54) is 5.69 Å². The van der Waals surface area contributed by atoms with E-state index in [0.29, 0.717) is 5.56 Å². The lowest BCUT2D eigenvalue weighted by molar-refractivity contribution is 0.104. The first-order chi connectivity index (χ1) is 15.7. The molecule has 1 heterocycles. The molecule has 1 aromatic heterocycles. The van der Waals surface area contributed by atoms with Crippen LogP contribution in [0, 0.1) is 0 Å². The summed E-state index contributed by atoms with van der Waals surface area (Å²) in [7, 11) is 0. The van der Waals surface area contributed by atoms with Gasteiger partial charge in [-0.2, -0.15) is 0 Å². The molecule has 0 aliphatic rings. The maximum atomic E-state index is 12.6. The summed E-state index contributed by atoms with van der Waals surface area (Å²) in [5, 5.41) is 1.14. The number of para-hydroxylation sites is 1. The standard InChI is InChI=1S/C28H27N3O/c1-3-31(4-2)25-16-9-21(10-17-25)11-18-28(32)22-12-14-24(15-13-22)29-19-23-20-30-27-8-6-5-7-26(23)27/h5-20,30H,3-4H2,1-2H3/b18-11+,29-19?. The molecule has 0 saturated carbocycles. The summed E-state index contributed by atoms with van der Waals surface area (Å²) in [6.07, 6.45) is 7.27. The molecule has 0 fully saturated rings. The summed E-state index contributed by atoms with van der Waals surface area (Å²) in [5.74, 6) is -0.0232. The summed E-state index contributed by atoms with van der Waals surface area (Å²) < 4.78 is 0. The fourth-order valence-electron chi connectivity index (χ4n) is 3.71. The number of carbonyl (C=O) groups excluding carboxylic acids is 1. The molecule has 32 heavy (non-hydrogen) atoms. The SMILES string of the molecule is CCN(CC)c1ccc(/C=C/C(=O)c2ccc(N=Cc3c[nH]c4ccccc34)cc2)cc1. The van der Waals surface area contributed by atoms with Gasteiger partial charge in [0.1, 0.15) is 0 Å². The number of hydrogen-bond donors (Lipinski definition) is 1. The molecule has 0 saturated heterocycles. The molecule has 0 unspecified atom stereocenters. The van der Waals surface area contributed by atoms with Gasteiger partial charge in [-0.1, -0.05) is 36.4 Å². The summed E-state index contributed by atoms with van der Waals surface area (Å²) in [6.45, 7) is 6.25. The molecule has 0 amide bonds. The van der Waals surface area contributed by atoms with Crippen molar-refractivity contribution in [3.8, 4) is 0 Å². The Hall–Kier alpha value is -3.92. The normalized spacial score (nSPS) is 11.6. The van der Waals surface area contributed by atoms with E-state index in [4.69, 9.17) is 0 Å². The van der Waals surface area contributed by atoms with Crippen LogP contribution in [0.4, 0.5) is 11.4 Å². The third-order valence-electron chi connectivity index (χ3n) is 5.57. The summed E-state index contributed by atoms with van der Waals surface area (Å²) in [6, 6.07) is 23.8. The fourth-order valence-corrected chi connectivity index (χ4v) is 3.71. The fraction of sp³-hybridized carbons (Fsp3) is 0.143. The first-order valence-electron chi connectivity index (χ1n) is 11.0. The lowest BCUT2D eigenvalue weighted by Gasteiger charge is -2.20. The second kappa shape index (κ2) is 9.92. The van der Waals surface area contributed by atoms with Crippen molar-refractivity contribution in [2.75, 3.05) is 18.0 Å². The van der Waals surface area contributed by atoms with E-state index < -0.39 is 0 Å². The molecule has 4 aromatic rings. The van der Waals surface area contributed by atoms with Crippen LogP contribution in [-0.2, 0) is 0 Å². The number of rotatable bonds is 8. The quantitative estimate of drug-likeness (QED) is 0.196. The average Bonchev–Trinajstić information content (AvgIpc) is 3.26. The molecule has 4 rings (SSSR count). The van der Waals surface area contributed by atoms with Gasteiger partial charge in [0.05, 0.1) is 5.69 Å². The lowest BCUT2D eigenvalue weighted by Crippen LogP contribution is -2.21. The predicted octanol–water partition coefficient (Wildman–Crippen LogP) is 6.66. The first-order valence-corrected chi connectivity index (χ1v) is 11.0. The van der Waals surface area contributed by atoms with E-state index in [-0.39, 0.29) is 5.78 Å². The van der Waals surface area contributed by atoms with Crippen molar-refractivity contribution >= 4 is 40.4 Å². The number of benzene rings is 3. The van der Waals surface area contributed by atoms with Crippen LogP contribution < -0.4 is 4.90 Å². The van der Waals surface area contributed by atoms with E-state index in [1.54, 1.807) is 6.08 Å². The Morgan fingerprint density at radius 3 is 2.38 bits per heavy atom. The third kappa shape index (κ3) is 4.86. The van der Waals surface area contributed by atoms with Gasteiger partial charge in [-0.15, -0.1) is 0 Å². The number of nitrogens with one attached hydrogen (secondary N) is 1. The van der Waals surface area contributed by atoms with Gasteiger partial charge < -0.3 is 9.88 Å². The van der Waals surface area contributed by atoms with E-state index in [1.807, 2.05) is 73.1 Å². The van der Waals surface area contributed by atoms with Crippen LogP contribution in [-0.4, -0.2) is 30.1 Å². The molecular formula is C28H27N3O. The highest BCUT2D eigenvalue weighted by atomic mass is 16.1. The van der Waals surface area contributed by atoms with Crippen molar-refractivity contribution in [1.29, 1.82) is 0 Å². The highest BCUT2D eigenvalue weighted by Gasteiger charge is 2.04. The van der Waals surface area contributed by atoms with Crippen LogP contribution in [0.2, 0.25) is 0 Å². The van der Waals surface area contributed by atoms with Crippen molar-refractivity contribution in [3.63, 3.8) is 0 Å². The Kier molecular flexibility index (Phi) is 6.61. The number of fused-ring (bicyclic) bond motifs is 1. The van der Waals surface area contributed by atoms with E-state index >= 15 is 0 Å². The van der Waals surface area contributed by atoms with E-state index in [9.17, 15) is 4.79 Å². The van der Waals surface area contributed by atoms with Crippen LogP contribution in [0.3, 0.4) is 0 Å². The molecule has 4 heteroatoms. The molecule has 0 aliphatic heterocycles. The molecule has 0 aliphatic carbocycles. The van der Waals surface area contributed by atoms with Crippen molar-refractivity contribution in [1.82, 2.24) is 4.98 Å². The van der Waals surface area contributed by atoms with Gasteiger partial charge in [0.2, 0.25) is 0 Å². The van der Waals surface area contributed by atoms with Crippen molar-refractivity contribution in [3.05, 3.63) is 102 Å². The molecule has 0 atom stereocenters. The van der Waals surface area contributed by atoms with Crippen molar-refractivity contribution < 1.29 is 4.79 Å². The largest absolute Gasteiger partial charge is 0.372 e. The Morgan fingerprint density at radius 2 is 1.66 bits per heavy atom. The van der Waals surface area contributed by atoms with E-state index in [0.717, 1.165) is 40.8 Å². The van der Waals surface area contributed by atoms with Crippen LogP contribution in [0.1, 0.15) is 35.3 Å². The van der Waals surface area contributed by atoms with Crippen molar-refractivity contribution in [2.24, 2.45) is 4.99 Å². The van der Waals surface area contributed by atoms with Gasteiger partial charge in [-0.05, 0) is 68.0 Å². The number of hydrogen-bond acceptors (Lipinski definition) is 3. The smallest absolute Gasteiger partial charge is 0.185 e. The third-order valence-corrected chi connectivity index (χ3v) is 5.57. The number of aromatic amines is 1. The van der Waals surface area contributed by atoms with Crippen LogP contribution in [0.15, 0.2) is 90.1 Å². The van der Waals surface area contributed by atoms with Gasteiger partial charge >= 0.3 is 0 Å². The number of allylic oxidation sites excluding steroid dienone is 1. The van der Waals surface area contributed by atoms with E-state index in [2.05, 4.69) is 46.9 Å². The van der Waals surface area contributed by atoms with Crippen LogP contribution >= 0.6 is 0 Å². The van der Waals surface area contributed by atoms with Gasteiger partial charge in [0.25, 0.3) is 0 Å². The molecule has 3 aromatic carbocycles. The summed E-state index contributed by atoms with van der Waals surface area (Å²) >= 11 is 0. The van der Waals surface area contributed by atoms with Gasteiger partial charge in [0.15, 0.2) is 5.78 Å². The zero-order valence-corrected chi connectivity index (χ0v) is 18.5. The lowest BCUT2D eigenvalue weighted by atomic mass is 10.1. The van der Waals surface area contributed by atoms with Gasteiger partial charge in [-0.3, -0.25) is 9.79 Å². The second-order valence-electron chi connectivity index (χ2n) is 7.56. The number of H-pyrrole nitrogens is 1. The number of anilines is 1. The number of nitrogens with zero attached hydrogens (tertiary/aromatic N) is 2. The Morgan fingerprint density at radius 1 is 0.938 bits per heavy atom. The molecule has 4 nitrogen and oxygen atoms in total. The number of carbonyl (C=O) groups is 1. The zero-order chi connectivity index (χ0) is 22.3. The molecule has 0 spiro atoms. The summed E-state index contributed by atoms with van der Waals surface area (Å²) in [5.41, 5.74) is 5.78. The first kappa shape index (κ1) is 21.3. The number of aliphatic imine (C=N–C) groups is 1. The molecule has 160 valence electrons. The molecule has 1 N–H and O–H groups in total. The van der Waals surface area contributed by atoms with Gasteiger partial charge in [0, 0.05) is 53.2 Å². The molecule has 0 radical (unpaired) electrons. The Balaban J connectivity index is 1.40. The Bertz CT molecular complexity index is 1240. The van der Waals surface area contributed by atoms with Crippen molar-refractivity contribution in [2.45, 2.75) is 13.8 Å². The maximum absolute atomic E-state index is 12.6. The predicted molar refractivity (Wildman–Crippen MR) is 135 cm³/mol. The molecular weight excluding hydrogens is 394 g/mol. The highest BCUT2D eigenvalue weighted by Crippen LogP contribution is 2.19. The summed E-state index contributed by atoms with van der Waals surface area (Å²) in [4.78, 5) is 22.6. The zero-order valence-electron chi connectivity index (χ0n) is 18.5. The topological polar surface area (TPSA) is 48.5 Å². The second-order valence-corrected chi connectivity index (χ2v) is 7.56. The minimum absolute atomic E-state index is 0.0232. The van der Waals surface area contributed by atoms with Gasteiger partial charge in [-0.25, -0.2) is 0 Å². The maximum Gasteiger partial charge on any atom is 0.185 e. The minimum atomic E-state index is -0.0232.